The van der Waals surface area contributed by atoms with E-state index in [2.05, 4.69) is 10.6 Å². The van der Waals surface area contributed by atoms with Crippen molar-refractivity contribution in [1.29, 1.82) is 0 Å². The molecule has 1 aliphatic carbocycles. The molecule has 1 aliphatic rings. The van der Waals surface area contributed by atoms with Gasteiger partial charge in [0.15, 0.2) is 0 Å². The van der Waals surface area contributed by atoms with Gasteiger partial charge in [0, 0.05) is 12.2 Å². The van der Waals surface area contributed by atoms with Crippen LogP contribution in [0.2, 0.25) is 0 Å². The van der Waals surface area contributed by atoms with Crippen LogP contribution in [0.15, 0.2) is 18.2 Å². The zero-order valence-electron chi connectivity index (χ0n) is 14.6. The van der Waals surface area contributed by atoms with E-state index in [1.807, 2.05) is 32.0 Å². The number of nitrogens with one attached hydrogen (secondary N) is 2. The van der Waals surface area contributed by atoms with Crippen LogP contribution in [0.1, 0.15) is 43.7 Å². The maximum atomic E-state index is 12.8. The zero-order chi connectivity index (χ0) is 17.0. The summed E-state index contributed by atoms with van der Waals surface area (Å²) in [5.41, 5.74) is 8.21. The molecule has 0 heterocycles. The molecule has 5 nitrogen and oxygen atoms in total. The highest BCUT2D eigenvalue weighted by Gasteiger charge is 2.41. The summed E-state index contributed by atoms with van der Waals surface area (Å²) in [6.45, 7) is 6.07. The minimum Gasteiger partial charge on any atom is -0.354 e. The van der Waals surface area contributed by atoms with E-state index in [4.69, 9.17) is 5.73 Å². The van der Waals surface area contributed by atoms with Crippen LogP contribution in [0.4, 0.5) is 5.69 Å². The first-order chi connectivity index (χ1) is 10.8. The van der Waals surface area contributed by atoms with Crippen molar-refractivity contribution < 1.29 is 9.59 Å². The van der Waals surface area contributed by atoms with E-state index in [-0.39, 0.29) is 24.2 Å². The van der Waals surface area contributed by atoms with Gasteiger partial charge in [-0.3, -0.25) is 9.59 Å². The second kappa shape index (κ2) is 8.49. The number of anilines is 1. The molecule has 1 atom stereocenters. The van der Waals surface area contributed by atoms with Crippen LogP contribution in [0.5, 0.6) is 0 Å². The van der Waals surface area contributed by atoms with E-state index in [0.29, 0.717) is 6.54 Å². The molecular weight excluding hydrogens is 326 g/mol. The van der Waals surface area contributed by atoms with Crippen LogP contribution in [-0.2, 0) is 9.59 Å². The molecule has 0 radical (unpaired) electrons. The van der Waals surface area contributed by atoms with Gasteiger partial charge in [-0.2, -0.15) is 0 Å². The minimum atomic E-state index is -0.559. The van der Waals surface area contributed by atoms with Crippen molar-refractivity contribution in [2.24, 2.45) is 11.1 Å². The quantitative estimate of drug-likeness (QED) is 0.760. The highest BCUT2D eigenvalue weighted by Crippen LogP contribution is 2.38. The largest absolute Gasteiger partial charge is 0.354 e. The van der Waals surface area contributed by atoms with Crippen molar-refractivity contribution in [3.63, 3.8) is 0 Å². The molecule has 2 rings (SSSR count). The second-order valence-electron chi connectivity index (χ2n) is 6.75. The van der Waals surface area contributed by atoms with Crippen LogP contribution in [0.3, 0.4) is 0 Å². The molecule has 0 aromatic heterocycles. The second-order valence-corrected chi connectivity index (χ2v) is 6.75. The number of carbonyl (C=O) groups excluding carboxylic acids is 2. The summed E-state index contributed by atoms with van der Waals surface area (Å²) in [7, 11) is 0. The van der Waals surface area contributed by atoms with Crippen molar-refractivity contribution in [1.82, 2.24) is 5.32 Å². The Morgan fingerprint density at radius 3 is 2.38 bits per heavy atom. The summed E-state index contributed by atoms with van der Waals surface area (Å²) >= 11 is 0. The molecule has 1 aromatic carbocycles. The fraction of sp³-hybridized carbons (Fsp3) is 0.556. The molecule has 4 N–H and O–H groups in total. The van der Waals surface area contributed by atoms with Gasteiger partial charge in [-0.1, -0.05) is 18.9 Å². The maximum Gasteiger partial charge on any atom is 0.236 e. The Hall–Kier alpha value is -1.59. The molecule has 1 saturated carbocycles. The lowest BCUT2D eigenvalue weighted by Crippen LogP contribution is -2.47. The molecule has 0 saturated heterocycles. The van der Waals surface area contributed by atoms with E-state index < -0.39 is 11.5 Å². The summed E-state index contributed by atoms with van der Waals surface area (Å²) in [6, 6.07) is 5.35. The maximum absolute atomic E-state index is 12.8. The molecule has 134 valence electrons. The van der Waals surface area contributed by atoms with Gasteiger partial charge in [-0.05, 0) is 56.9 Å². The van der Waals surface area contributed by atoms with Gasteiger partial charge < -0.3 is 16.4 Å². The van der Waals surface area contributed by atoms with E-state index in [1.54, 1.807) is 6.92 Å². The predicted octanol–water partition coefficient (Wildman–Crippen LogP) is 2.69. The third kappa shape index (κ3) is 4.71. The highest BCUT2D eigenvalue weighted by atomic mass is 35.5. The van der Waals surface area contributed by atoms with Gasteiger partial charge in [0.25, 0.3) is 0 Å². The highest BCUT2D eigenvalue weighted by molar-refractivity contribution is 5.96. The third-order valence-electron chi connectivity index (χ3n) is 4.82. The first-order valence-electron chi connectivity index (χ1n) is 8.26. The van der Waals surface area contributed by atoms with Crippen LogP contribution in [0.25, 0.3) is 0 Å². The number of aryl methyl sites for hydroxylation is 2. The van der Waals surface area contributed by atoms with E-state index >= 15 is 0 Å². The lowest BCUT2D eigenvalue weighted by Gasteiger charge is -2.28. The Morgan fingerprint density at radius 1 is 1.21 bits per heavy atom. The fourth-order valence-corrected chi connectivity index (χ4v) is 3.04. The molecule has 2 amide bonds. The van der Waals surface area contributed by atoms with E-state index in [0.717, 1.165) is 36.9 Å². The van der Waals surface area contributed by atoms with Gasteiger partial charge >= 0.3 is 0 Å². The zero-order valence-corrected chi connectivity index (χ0v) is 15.5. The Bertz CT molecular complexity index is 596. The summed E-state index contributed by atoms with van der Waals surface area (Å²) in [6.07, 6.45) is 3.61. The normalized spacial score (nSPS) is 16.8. The first-order valence-corrected chi connectivity index (χ1v) is 8.26. The molecule has 0 unspecified atom stereocenters. The summed E-state index contributed by atoms with van der Waals surface area (Å²) in [5, 5.41) is 5.85. The van der Waals surface area contributed by atoms with Crippen molar-refractivity contribution in [2.75, 3.05) is 11.9 Å². The van der Waals surface area contributed by atoms with Gasteiger partial charge in [-0.15, -0.1) is 12.4 Å². The Balaban J connectivity index is 0.00000288. The standard InChI is InChI=1S/C18H27N3O2.ClH/c1-12-6-7-15(10-13(12)2)21-17(23)18(8-4-5-9-18)11-20-16(22)14(3)19;/h6-7,10,14H,4-5,8-9,11,19H2,1-3H3,(H,20,22)(H,21,23);1H/t14-;/m0./s1. The fourth-order valence-electron chi connectivity index (χ4n) is 3.04. The Kier molecular flexibility index (Phi) is 7.24. The summed E-state index contributed by atoms with van der Waals surface area (Å²) in [4.78, 5) is 24.6. The topological polar surface area (TPSA) is 84.2 Å². The number of hydrogen-bond acceptors (Lipinski definition) is 3. The minimum absolute atomic E-state index is 0. The summed E-state index contributed by atoms with van der Waals surface area (Å²) < 4.78 is 0. The van der Waals surface area contributed by atoms with Crippen molar-refractivity contribution >= 4 is 29.9 Å². The molecule has 6 heteroatoms. The van der Waals surface area contributed by atoms with E-state index in [9.17, 15) is 9.59 Å². The Morgan fingerprint density at radius 2 is 1.83 bits per heavy atom. The monoisotopic (exact) mass is 353 g/mol. The lowest BCUT2D eigenvalue weighted by atomic mass is 9.84. The van der Waals surface area contributed by atoms with Crippen molar-refractivity contribution in [3.8, 4) is 0 Å². The van der Waals surface area contributed by atoms with Crippen molar-refractivity contribution in [2.45, 2.75) is 52.5 Å². The third-order valence-corrected chi connectivity index (χ3v) is 4.82. The molecular formula is C18H28ClN3O2. The molecule has 0 aliphatic heterocycles. The van der Waals surface area contributed by atoms with E-state index in [1.165, 1.54) is 5.56 Å². The first kappa shape index (κ1) is 20.5. The van der Waals surface area contributed by atoms with Crippen LogP contribution >= 0.6 is 12.4 Å². The molecule has 0 bridgehead atoms. The van der Waals surface area contributed by atoms with Gasteiger partial charge in [0.2, 0.25) is 11.8 Å². The number of benzene rings is 1. The number of carbonyl (C=O) groups is 2. The lowest BCUT2D eigenvalue weighted by molar-refractivity contribution is -0.127. The smallest absolute Gasteiger partial charge is 0.236 e. The molecule has 1 fully saturated rings. The summed E-state index contributed by atoms with van der Waals surface area (Å²) in [5.74, 6) is -0.224. The molecule has 24 heavy (non-hydrogen) atoms. The number of halogens is 1. The number of nitrogens with two attached hydrogens (primary N) is 1. The van der Waals surface area contributed by atoms with Crippen LogP contribution in [-0.4, -0.2) is 24.4 Å². The predicted molar refractivity (Wildman–Crippen MR) is 99.4 cm³/mol. The van der Waals surface area contributed by atoms with Gasteiger partial charge in [0.1, 0.15) is 0 Å². The van der Waals surface area contributed by atoms with Crippen molar-refractivity contribution in [3.05, 3.63) is 29.3 Å². The van der Waals surface area contributed by atoms with Gasteiger partial charge in [0.05, 0.1) is 11.5 Å². The van der Waals surface area contributed by atoms with Crippen LogP contribution in [0, 0.1) is 19.3 Å². The van der Waals surface area contributed by atoms with Crippen LogP contribution < -0.4 is 16.4 Å². The Labute approximate surface area is 150 Å². The molecule has 1 aromatic rings. The SMILES string of the molecule is Cc1ccc(NC(=O)C2(CNC(=O)[C@H](C)N)CCCC2)cc1C.Cl. The average Bonchev–Trinajstić information content (AvgIpc) is 2.98. The van der Waals surface area contributed by atoms with Gasteiger partial charge in [-0.25, -0.2) is 0 Å². The number of rotatable bonds is 5. The average molecular weight is 354 g/mol. The molecule has 0 spiro atoms. The number of hydrogen-bond donors (Lipinski definition) is 3. The number of amides is 2.